The summed E-state index contributed by atoms with van der Waals surface area (Å²) >= 11 is 0. The second kappa shape index (κ2) is 13.1. The highest BCUT2D eigenvalue weighted by atomic mass is 16.1. The number of H-pyrrole nitrogens is 1. The molecule has 2 aromatic rings. The van der Waals surface area contributed by atoms with E-state index in [0.717, 1.165) is 5.92 Å². The Labute approximate surface area is 181 Å². The maximum absolute atomic E-state index is 11.2. The number of hydrogen-bond donors (Lipinski definition) is 2. The van der Waals surface area contributed by atoms with E-state index >= 15 is 0 Å². The maximum Gasteiger partial charge on any atom is 0.273 e. The molecule has 30 heavy (non-hydrogen) atoms. The number of aromatic amines is 1. The van der Waals surface area contributed by atoms with E-state index in [4.69, 9.17) is 5.73 Å². The summed E-state index contributed by atoms with van der Waals surface area (Å²) in [6, 6.07) is 3.15. The lowest BCUT2D eigenvalue weighted by Gasteiger charge is -2.38. The Morgan fingerprint density at radius 1 is 1.13 bits per heavy atom. The van der Waals surface area contributed by atoms with Crippen molar-refractivity contribution in [3.63, 3.8) is 0 Å². The van der Waals surface area contributed by atoms with E-state index in [9.17, 15) is 9.59 Å². The van der Waals surface area contributed by atoms with Gasteiger partial charge in [0.05, 0.1) is 5.39 Å². The predicted octanol–water partition coefficient (Wildman–Crippen LogP) is 5.62. The summed E-state index contributed by atoms with van der Waals surface area (Å²) in [5, 5.41) is 6.01. The zero-order chi connectivity index (χ0) is 22.6. The molecule has 0 spiro atoms. The predicted molar refractivity (Wildman–Crippen MR) is 125 cm³/mol. The van der Waals surface area contributed by atoms with Crippen molar-refractivity contribution in [1.29, 1.82) is 0 Å². The first-order valence-corrected chi connectivity index (χ1v) is 11.5. The Morgan fingerprint density at radius 3 is 2.40 bits per heavy atom. The van der Waals surface area contributed by atoms with Gasteiger partial charge in [0.1, 0.15) is 5.52 Å². The minimum absolute atomic E-state index is 0.0276. The lowest BCUT2D eigenvalue weighted by Crippen LogP contribution is -2.27. The molecule has 1 amide bonds. The molecule has 0 bridgehead atoms. The van der Waals surface area contributed by atoms with Crippen molar-refractivity contribution in [2.75, 3.05) is 0 Å². The molecule has 2 heterocycles. The van der Waals surface area contributed by atoms with Crippen molar-refractivity contribution in [1.82, 2.24) is 15.2 Å². The number of carbonyl (C=O) groups is 1. The minimum Gasteiger partial charge on any atom is -0.364 e. The molecule has 2 atom stereocenters. The average Bonchev–Trinajstić information content (AvgIpc) is 2.74. The molecule has 0 radical (unpaired) electrons. The van der Waals surface area contributed by atoms with Gasteiger partial charge in [0.2, 0.25) is 0 Å². The van der Waals surface area contributed by atoms with Gasteiger partial charge in [-0.05, 0) is 42.7 Å². The van der Waals surface area contributed by atoms with Gasteiger partial charge in [0.15, 0.2) is 5.69 Å². The van der Waals surface area contributed by atoms with Gasteiger partial charge in [-0.3, -0.25) is 14.6 Å². The summed E-state index contributed by atoms with van der Waals surface area (Å²) in [7, 11) is 0. The second-order valence-electron chi connectivity index (χ2n) is 8.42. The molecule has 0 aliphatic heterocycles. The third-order valence-corrected chi connectivity index (χ3v) is 6.09. The molecule has 2 unspecified atom stereocenters. The van der Waals surface area contributed by atoms with E-state index in [2.05, 4.69) is 49.8 Å². The topological polar surface area (TPSA) is 102 Å². The van der Waals surface area contributed by atoms with Crippen LogP contribution in [0.3, 0.4) is 0 Å². The lowest BCUT2D eigenvalue weighted by atomic mass is 9.68. The highest BCUT2D eigenvalue weighted by Crippen LogP contribution is 2.42. The van der Waals surface area contributed by atoms with Crippen LogP contribution in [-0.2, 0) is 0 Å². The van der Waals surface area contributed by atoms with Crippen LogP contribution in [0, 0.1) is 11.3 Å². The number of pyridine rings is 1. The van der Waals surface area contributed by atoms with Crippen LogP contribution >= 0.6 is 0 Å². The largest absolute Gasteiger partial charge is 0.364 e. The minimum atomic E-state index is -0.718. The van der Waals surface area contributed by atoms with Crippen LogP contribution in [0.1, 0.15) is 103 Å². The summed E-state index contributed by atoms with van der Waals surface area (Å²) < 4.78 is 0. The molecular weight excluding hydrogens is 376 g/mol. The molecule has 2 rings (SSSR count). The molecule has 3 N–H and O–H groups in total. The lowest BCUT2D eigenvalue weighted by molar-refractivity contribution is 0.0996. The number of hydrogen-bond acceptors (Lipinski definition) is 4. The van der Waals surface area contributed by atoms with E-state index in [1.807, 2.05) is 0 Å². The van der Waals surface area contributed by atoms with Crippen LogP contribution in [0.2, 0.25) is 0 Å². The van der Waals surface area contributed by atoms with Gasteiger partial charge in [0, 0.05) is 6.20 Å². The first kappa shape index (κ1) is 25.8. The number of rotatable bonds is 11. The Bertz CT molecular complexity index is 833. The van der Waals surface area contributed by atoms with Crippen molar-refractivity contribution < 1.29 is 4.79 Å². The fourth-order valence-corrected chi connectivity index (χ4v) is 4.35. The number of primary amides is 1. The van der Waals surface area contributed by atoms with E-state index < -0.39 is 11.5 Å². The number of carbonyl (C=O) groups excluding carboxylic acids is 1. The van der Waals surface area contributed by atoms with E-state index in [0.29, 0.717) is 10.8 Å². The van der Waals surface area contributed by atoms with E-state index in [-0.39, 0.29) is 11.2 Å². The monoisotopic (exact) mass is 416 g/mol. The van der Waals surface area contributed by atoms with Crippen LogP contribution in [0.5, 0.6) is 0 Å². The molecule has 0 aromatic carbocycles. The highest BCUT2D eigenvalue weighted by molar-refractivity contribution is 6.02. The number of nitrogens with two attached hydrogens (primary N) is 1. The number of fused-ring (bicyclic) bond motifs is 1. The van der Waals surface area contributed by atoms with Crippen LogP contribution < -0.4 is 11.3 Å². The normalized spacial score (nSPS) is 13.9. The molecular formula is C24H40N4O2. The summed E-state index contributed by atoms with van der Waals surface area (Å²) in [5.74, 6) is 0.240. The van der Waals surface area contributed by atoms with Crippen LogP contribution in [0.25, 0.3) is 10.9 Å². The van der Waals surface area contributed by atoms with Crippen molar-refractivity contribution >= 4 is 16.8 Å². The molecule has 168 valence electrons. The molecule has 0 fully saturated rings. The van der Waals surface area contributed by atoms with Gasteiger partial charge in [-0.1, -0.05) is 73.1 Å². The van der Waals surface area contributed by atoms with Gasteiger partial charge in [-0.25, -0.2) is 5.10 Å². The molecule has 0 saturated heterocycles. The van der Waals surface area contributed by atoms with Crippen molar-refractivity contribution in [2.45, 2.75) is 92.4 Å². The van der Waals surface area contributed by atoms with Crippen molar-refractivity contribution in [3.8, 4) is 0 Å². The molecule has 6 nitrogen and oxygen atoms in total. The fraction of sp³-hybridized carbons (Fsp3) is 0.667. The SMILES string of the molecule is CCCCC(CC)C(C)(CCC)CCCC.NC(=O)c1n[nH]c(=O)c2cccnc12. The van der Waals surface area contributed by atoms with Gasteiger partial charge >= 0.3 is 0 Å². The van der Waals surface area contributed by atoms with E-state index in [1.54, 1.807) is 12.1 Å². The molecule has 0 aliphatic rings. The third-order valence-electron chi connectivity index (χ3n) is 6.09. The highest BCUT2D eigenvalue weighted by Gasteiger charge is 2.30. The average molecular weight is 417 g/mol. The first-order chi connectivity index (χ1) is 14.3. The number of nitrogens with zero attached hydrogens (tertiary/aromatic N) is 2. The van der Waals surface area contributed by atoms with Crippen LogP contribution in [-0.4, -0.2) is 21.1 Å². The Morgan fingerprint density at radius 2 is 1.83 bits per heavy atom. The zero-order valence-corrected chi connectivity index (χ0v) is 19.5. The molecule has 2 aromatic heterocycles. The van der Waals surface area contributed by atoms with Gasteiger partial charge in [-0.2, -0.15) is 5.10 Å². The third kappa shape index (κ3) is 7.22. The zero-order valence-electron chi connectivity index (χ0n) is 19.5. The Kier molecular flexibility index (Phi) is 11.3. The number of unbranched alkanes of at least 4 members (excludes halogenated alkanes) is 2. The summed E-state index contributed by atoms with van der Waals surface area (Å²) in [5.41, 5.74) is 5.49. The summed E-state index contributed by atoms with van der Waals surface area (Å²) in [4.78, 5) is 26.0. The van der Waals surface area contributed by atoms with E-state index in [1.165, 1.54) is 64.0 Å². The first-order valence-electron chi connectivity index (χ1n) is 11.5. The summed E-state index contributed by atoms with van der Waals surface area (Å²) in [6.45, 7) is 11.9. The van der Waals surface area contributed by atoms with Gasteiger partial charge in [0.25, 0.3) is 11.5 Å². The van der Waals surface area contributed by atoms with Crippen LogP contribution in [0.15, 0.2) is 23.1 Å². The number of aromatic nitrogens is 3. The summed E-state index contributed by atoms with van der Waals surface area (Å²) in [6.07, 6.45) is 14.1. The smallest absolute Gasteiger partial charge is 0.273 e. The second-order valence-corrected chi connectivity index (χ2v) is 8.42. The van der Waals surface area contributed by atoms with Gasteiger partial charge in [-0.15, -0.1) is 0 Å². The van der Waals surface area contributed by atoms with Crippen molar-refractivity contribution in [2.24, 2.45) is 17.1 Å². The standard InChI is InChI=1S/C16H34.C8H6N4O2/c1-6-10-12-15(9-4)16(5,13-8-3)14-11-7-2;9-7(13)6-5-4(2-1-3-10-5)8(14)12-11-6/h15H,6-14H2,1-5H3;1-3H,(H2,9,13)(H,12,14). The number of amides is 1. The fourth-order valence-electron chi connectivity index (χ4n) is 4.35. The van der Waals surface area contributed by atoms with Gasteiger partial charge < -0.3 is 5.73 Å². The van der Waals surface area contributed by atoms with Crippen molar-refractivity contribution in [3.05, 3.63) is 34.4 Å². The molecule has 0 aliphatic carbocycles. The van der Waals surface area contributed by atoms with Crippen LogP contribution in [0.4, 0.5) is 0 Å². The molecule has 0 saturated carbocycles. The molecule has 6 heteroatoms. The Hall–Kier alpha value is -2.24. The quantitative estimate of drug-likeness (QED) is 0.496. The Balaban J connectivity index is 0.000000301. The maximum atomic E-state index is 11.2. The number of nitrogens with one attached hydrogen (secondary N) is 1.